The minimum atomic E-state index is -3.65. The molecule has 0 atom stereocenters. The van der Waals surface area contributed by atoms with E-state index in [0.717, 1.165) is 22.6 Å². The van der Waals surface area contributed by atoms with Gasteiger partial charge in [0.25, 0.3) is 0 Å². The molecule has 0 bridgehead atoms. The Hall–Kier alpha value is -2.91. The zero-order chi connectivity index (χ0) is 20.3. The van der Waals surface area contributed by atoms with Gasteiger partial charge in [0.2, 0.25) is 15.9 Å². The largest absolute Gasteiger partial charge is 0.497 e. The van der Waals surface area contributed by atoms with Crippen LogP contribution in [0.5, 0.6) is 5.75 Å². The van der Waals surface area contributed by atoms with Gasteiger partial charge in [0, 0.05) is 38.7 Å². The first-order chi connectivity index (χ1) is 13.3. The number of benzene rings is 2. The Morgan fingerprint density at radius 2 is 1.89 bits per heavy atom. The number of carbonyl (C=O) groups is 1. The molecule has 8 nitrogen and oxygen atoms in total. The molecule has 0 saturated carbocycles. The number of methoxy groups -OCH3 is 1. The van der Waals surface area contributed by atoms with Crippen LogP contribution in [0.15, 0.2) is 47.4 Å². The van der Waals surface area contributed by atoms with Crippen molar-refractivity contribution in [1.82, 2.24) is 14.3 Å². The van der Waals surface area contributed by atoms with Crippen LogP contribution in [0.1, 0.15) is 12.7 Å². The third kappa shape index (κ3) is 4.32. The van der Waals surface area contributed by atoms with Gasteiger partial charge in [-0.15, -0.1) is 0 Å². The molecule has 3 rings (SSSR count). The normalized spacial score (nSPS) is 11.5. The Labute approximate surface area is 163 Å². The highest BCUT2D eigenvalue weighted by atomic mass is 32.2. The van der Waals surface area contributed by atoms with Gasteiger partial charge in [-0.05, 0) is 36.4 Å². The van der Waals surface area contributed by atoms with Crippen molar-refractivity contribution in [3.05, 3.63) is 48.3 Å². The second-order valence-electron chi connectivity index (χ2n) is 6.30. The molecule has 2 aromatic carbocycles. The number of aryl methyl sites for hydroxylation is 1. The monoisotopic (exact) mass is 402 g/mol. The fourth-order valence-corrected chi connectivity index (χ4v) is 3.91. The molecule has 0 unspecified atom stereocenters. The average molecular weight is 402 g/mol. The second-order valence-corrected chi connectivity index (χ2v) is 8.06. The van der Waals surface area contributed by atoms with Crippen LogP contribution in [-0.2, 0) is 28.3 Å². The van der Waals surface area contributed by atoms with E-state index in [9.17, 15) is 13.2 Å². The summed E-state index contributed by atoms with van der Waals surface area (Å²) >= 11 is 0. The molecule has 0 fully saturated rings. The third-order valence-electron chi connectivity index (χ3n) is 4.31. The van der Waals surface area contributed by atoms with Gasteiger partial charge >= 0.3 is 0 Å². The first kappa shape index (κ1) is 19.8. The third-order valence-corrected chi connectivity index (χ3v) is 5.78. The highest BCUT2D eigenvalue weighted by molar-refractivity contribution is 7.89. The van der Waals surface area contributed by atoms with E-state index in [1.54, 1.807) is 19.2 Å². The van der Waals surface area contributed by atoms with Crippen molar-refractivity contribution in [2.75, 3.05) is 19.0 Å². The summed E-state index contributed by atoms with van der Waals surface area (Å²) in [6.45, 7) is 1.60. The molecule has 28 heavy (non-hydrogen) atoms. The zero-order valence-corrected chi connectivity index (χ0v) is 16.7. The van der Waals surface area contributed by atoms with Crippen LogP contribution < -0.4 is 14.8 Å². The van der Waals surface area contributed by atoms with Crippen molar-refractivity contribution in [3.8, 4) is 5.75 Å². The highest BCUT2D eigenvalue weighted by Crippen LogP contribution is 2.21. The predicted molar refractivity (Wildman–Crippen MR) is 107 cm³/mol. The average Bonchev–Trinajstić information content (AvgIpc) is 2.96. The minimum Gasteiger partial charge on any atom is -0.497 e. The van der Waals surface area contributed by atoms with Gasteiger partial charge in [-0.2, -0.15) is 0 Å². The molecular weight excluding hydrogens is 380 g/mol. The summed E-state index contributed by atoms with van der Waals surface area (Å²) in [6.07, 6.45) is 0.441. The summed E-state index contributed by atoms with van der Waals surface area (Å²) in [5, 5.41) is 2.60. The van der Waals surface area contributed by atoms with E-state index in [-0.39, 0.29) is 17.3 Å². The standard InChI is InChI=1S/C19H22N4O4S/c1-13(24)21-14-4-7-16(8-5-14)28(25,26)20-11-10-19-22-17-12-15(27-3)6-9-18(17)23(19)2/h4-9,12,20H,10-11H2,1-3H3,(H,21,24). The van der Waals surface area contributed by atoms with Gasteiger partial charge in [0.15, 0.2) is 0 Å². The van der Waals surface area contributed by atoms with Gasteiger partial charge in [0.1, 0.15) is 11.6 Å². The SMILES string of the molecule is COc1ccc2c(c1)nc(CCNS(=O)(=O)c1ccc(NC(C)=O)cc1)n2C. The number of anilines is 1. The fourth-order valence-electron chi connectivity index (χ4n) is 2.88. The van der Waals surface area contributed by atoms with Crippen molar-refractivity contribution in [2.45, 2.75) is 18.2 Å². The lowest BCUT2D eigenvalue weighted by Crippen LogP contribution is -2.26. The van der Waals surface area contributed by atoms with Crippen molar-refractivity contribution >= 4 is 32.7 Å². The van der Waals surface area contributed by atoms with E-state index in [1.807, 2.05) is 29.8 Å². The quantitative estimate of drug-likeness (QED) is 0.630. The van der Waals surface area contributed by atoms with Crippen molar-refractivity contribution in [3.63, 3.8) is 0 Å². The summed E-state index contributed by atoms with van der Waals surface area (Å²) in [4.78, 5) is 15.7. The Kier molecular flexibility index (Phi) is 5.66. The molecule has 9 heteroatoms. The second kappa shape index (κ2) is 7.99. The van der Waals surface area contributed by atoms with E-state index in [2.05, 4.69) is 15.0 Å². The molecule has 1 amide bonds. The van der Waals surface area contributed by atoms with Gasteiger partial charge in [-0.25, -0.2) is 18.1 Å². The molecule has 0 spiro atoms. The number of amides is 1. The number of fused-ring (bicyclic) bond motifs is 1. The van der Waals surface area contributed by atoms with Crippen molar-refractivity contribution in [2.24, 2.45) is 7.05 Å². The van der Waals surface area contributed by atoms with Gasteiger partial charge in [-0.1, -0.05) is 0 Å². The molecule has 0 radical (unpaired) electrons. The van der Waals surface area contributed by atoms with E-state index in [0.29, 0.717) is 12.1 Å². The summed E-state index contributed by atoms with van der Waals surface area (Å²) in [7, 11) is -0.154. The van der Waals surface area contributed by atoms with Crippen LogP contribution >= 0.6 is 0 Å². The highest BCUT2D eigenvalue weighted by Gasteiger charge is 2.15. The summed E-state index contributed by atoms with van der Waals surface area (Å²) < 4.78 is 34.6. The Morgan fingerprint density at radius 1 is 1.18 bits per heavy atom. The molecular formula is C19H22N4O4S. The Bertz CT molecular complexity index is 1100. The molecule has 0 aliphatic carbocycles. The van der Waals surface area contributed by atoms with Crippen LogP contribution in [0, 0.1) is 0 Å². The number of hydrogen-bond acceptors (Lipinski definition) is 5. The maximum absolute atomic E-state index is 12.5. The number of ether oxygens (including phenoxy) is 1. The number of hydrogen-bond donors (Lipinski definition) is 2. The number of aromatic nitrogens is 2. The van der Waals surface area contributed by atoms with Gasteiger partial charge < -0.3 is 14.6 Å². The topological polar surface area (TPSA) is 102 Å². The molecule has 2 N–H and O–H groups in total. The van der Waals surface area contributed by atoms with E-state index >= 15 is 0 Å². The number of rotatable bonds is 7. The summed E-state index contributed by atoms with van der Waals surface area (Å²) in [6, 6.07) is 11.6. The Balaban J connectivity index is 1.67. The van der Waals surface area contributed by atoms with Crippen LogP contribution in [0.4, 0.5) is 5.69 Å². The molecule has 148 valence electrons. The van der Waals surface area contributed by atoms with E-state index in [4.69, 9.17) is 4.74 Å². The lowest BCUT2D eigenvalue weighted by Gasteiger charge is -2.08. The predicted octanol–water partition coefficient (Wildman–Crippen LogP) is 2.06. The summed E-state index contributed by atoms with van der Waals surface area (Å²) in [5.41, 5.74) is 2.29. The number of imidazole rings is 1. The Morgan fingerprint density at radius 3 is 2.54 bits per heavy atom. The number of sulfonamides is 1. The molecule has 0 saturated heterocycles. The lowest BCUT2D eigenvalue weighted by molar-refractivity contribution is -0.114. The van der Waals surface area contributed by atoms with Crippen molar-refractivity contribution < 1.29 is 17.9 Å². The minimum absolute atomic E-state index is 0.135. The smallest absolute Gasteiger partial charge is 0.240 e. The van der Waals surface area contributed by atoms with Crippen LogP contribution in [0.25, 0.3) is 11.0 Å². The van der Waals surface area contributed by atoms with E-state index in [1.165, 1.54) is 19.1 Å². The van der Waals surface area contributed by atoms with Gasteiger partial charge in [-0.3, -0.25) is 4.79 Å². The number of carbonyl (C=O) groups excluding carboxylic acids is 1. The molecule has 1 aromatic heterocycles. The number of nitrogens with one attached hydrogen (secondary N) is 2. The van der Waals surface area contributed by atoms with Crippen molar-refractivity contribution in [1.29, 1.82) is 0 Å². The number of nitrogens with zero attached hydrogens (tertiary/aromatic N) is 2. The maximum atomic E-state index is 12.5. The molecule has 0 aliphatic heterocycles. The molecule has 0 aliphatic rings. The zero-order valence-electron chi connectivity index (χ0n) is 15.9. The van der Waals surface area contributed by atoms with Crippen LogP contribution in [-0.4, -0.2) is 37.5 Å². The molecule has 3 aromatic rings. The maximum Gasteiger partial charge on any atom is 0.240 e. The van der Waals surface area contributed by atoms with Crippen LogP contribution in [0.3, 0.4) is 0 Å². The van der Waals surface area contributed by atoms with Gasteiger partial charge in [0.05, 0.1) is 23.0 Å². The fraction of sp³-hybridized carbons (Fsp3) is 0.263. The first-order valence-corrected chi connectivity index (χ1v) is 10.1. The first-order valence-electron chi connectivity index (χ1n) is 8.67. The van der Waals surface area contributed by atoms with E-state index < -0.39 is 10.0 Å². The van der Waals surface area contributed by atoms with Crippen LogP contribution in [0.2, 0.25) is 0 Å². The molecule has 1 heterocycles. The summed E-state index contributed by atoms with van der Waals surface area (Å²) in [5.74, 6) is 1.28. The lowest BCUT2D eigenvalue weighted by atomic mass is 10.3.